The fourth-order valence-electron chi connectivity index (χ4n) is 2.30. The van der Waals surface area contributed by atoms with E-state index in [4.69, 9.17) is 10.5 Å². The van der Waals surface area contributed by atoms with Gasteiger partial charge in [0.2, 0.25) is 0 Å². The molecule has 5 nitrogen and oxygen atoms in total. The summed E-state index contributed by atoms with van der Waals surface area (Å²) in [6.07, 6.45) is 0.242. The van der Waals surface area contributed by atoms with Crippen molar-refractivity contribution in [3.63, 3.8) is 0 Å². The molecular weight excluding hydrogens is 216 g/mol. The Bertz CT molecular complexity index is 401. The summed E-state index contributed by atoms with van der Waals surface area (Å²) in [6, 6.07) is 0.342. The highest BCUT2D eigenvalue weighted by Crippen LogP contribution is 2.30. The van der Waals surface area contributed by atoms with E-state index in [1.807, 2.05) is 11.6 Å². The van der Waals surface area contributed by atoms with Gasteiger partial charge in [-0.3, -0.25) is 0 Å². The molecule has 0 aromatic carbocycles. The summed E-state index contributed by atoms with van der Waals surface area (Å²) >= 11 is 0. The van der Waals surface area contributed by atoms with Crippen LogP contribution in [0.2, 0.25) is 0 Å². The van der Waals surface area contributed by atoms with Crippen LogP contribution in [0.15, 0.2) is 0 Å². The lowest BCUT2D eigenvalue weighted by atomic mass is 10.2. The summed E-state index contributed by atoms with van der Waals surface area (Å²) in [7, 11) is 0. The second-order valence-corrected chi connectivity index (χ2v) is 4.78. The second-order valence-electron chi connectivity index (χ2n) is 4.78. The first-order chi connectivity index (χ1) is 8.04. The Morgan fingerprint density at radius 1 is 1.47 bits per heavy atom. The molecule has 5 heteroatoms. The van der Waals surface area contributed by atoms with Gasteiger partial charge in [-0.25, -0.2) is 4.68 Å². The monoisotopic (exact) mass is 238 g/mol. The predicted molar refractivity (Wildman–Crippen MR) is 69.3 cm³/mol. The summed E-state index contributed by atoms with van der Waals surface area (Å²) < 4.78 is 7.64. The minimum Gasteiger partial charge on any atom is -0.394 e. The van der Waals surface area contributed by atoms with Crippen molar-refractivity contribution < 1.29 is 4.74 Å². The van der Waals surface area contributed by atoms with Crippen molar-refractivity contribution in [2.45, 2.75) is 46.4 Å². The maximum atomic E-state index is 6.15. The van der Waals surface area contributed by atoms with Crippen LogP contribution in [0.1, 0.15) is 26.5 Å². The van der Waals surface area contributed by atoms with Crippen LogP contribution in [0.5, 0.6) is 0 Å². The molecule has 0 bridgehead atoms. The van der Waals surface area contributed by atoms with Gasteiger partial charge in [-0.15, -0.1) is 0 Å². The molecule has 0 spiro atoms. The number of aryl methyl sites for hydroxylation is 2. The minimum atomic E-state index is 0.242. The molecule has 2 unspecified atom stereocenters. The molecule has 2 heterocycles. The summed E-state index contributed by atoms with van der Waals surface area (Å²) in [5.74, 6) is 1.05. The van der Waals surface area contributed by atoms with Crippen LogP contribution in [-0.4, -0.2) is 35.1 Å². The summed E-state index contributed by atoms with van der Waals surface area (Å²) in [6.45, 7) is 10.8. The molecule has 96 valence electrons. The third-order valence-corrected chi connectivity index (χ3v) is 3.33. The van der Waals surface area contributed by atoms with Crippen LogP contribution in [-0.2, 0) is 11.3 Å². The summed E-state index contributed by atoms with van der Waals surface area (Å²) in [4.78, 5) is 2.31. The lowest BCUT2D eigenvalue weighted by Gasteiger charge is -2.38. The highest BCUT2D eigenvalue weighted by Gasteiger charge is 2.28. The maximum absolute atomic E-state index is 6.15. The van der Waals surface area contributed by atoms with Crippen LogP contribution >= 0.6 is 0 Å². The average molecular weight is 238 g/mol. The quantitative estimate of drug-likeness (QED) is 0.846. The van der Waals surface area contributed by atoms with Crippen LogP contribution < -0.4 is 10.6 Å². The number of hydrogen-bond donors (Lipinski definition) is 1. The third kappa shape index (κ3) is 2.11. The van der Waals surface area contributed by atoms with Crippen LogP contribution in [0.25, 0.3) is 0 Å². The van der Waals surface area contributed by atoms with E-state index >= 15 is 0 Å². The van der Waals surface area contributed by atoms with Gasteiger partial charge < -0.3 is 15.4 Å². The fraction of sp³-hybridized carbons (Fsp3) is 0.750. The Morgan fingerprint density at radius 3 is 2.82 bits per heavy atom. The van der Waals surface area contributed by atoms with E-state index in [9.17, 15) is 0 Å². The van der Waals surface area contributed by atoms with Crippen molar-refractivity contribution in [1.29, 1.82) is 0 Å². The molecule has 1 aliphatic rings. The molecule has 0 radical (unpaired) electrons. The fourth-order valence-corrected chi connectivity index (χ4v) is 2.30. The smallest absolute Gasteiger partial charge is 0.151 e. The van der Waals surface area contributed by atoms with Crippen molar-refractivity contribution in [2.75, 3.05) is 23.8 Å². The third-order valence-electron chi connectivity index (χ3n) is 3.33. The van der Waals surface area contributed by atoms with E-state index in [-0.39, 0.29) is 6.10 Å². The number of aromatic nitrogens is 2. The zero-order valence-electron chi connectivity index (χ0n) is 11.1. The van der Waals surface area contributed by atoms with Gasteiger partial charge in [0.1, 0.15) is 0 Å². The van der Waals surface area contributed by atoms with E-state index < -0.39 is 0 Å². The van der Waals surface area contributed by atoms with Crippen LogP contribution in [0.4, 0.5) is 11.5 Å². The van der Waals surface area contributed by atoms with E-state index in [1.54, 1.807) is 0 Å². The van der Waals surface area contributed by atoms with E-state index in [2.05, 4.69) is 30.8 Å². The average Bonchev–Trinajstić information content (AvgIpc) is 2.59. The number of rotatable bonds is 2. The van der Waals surface area contributed by atoms with Crippen molar-refractivity contribution in [2.24, 2.45) is 0 Å². The van der Waals surface area contributed by atoms with Crippen molar-refractivity contribution >= 4 is 11.5 Å². The first-order valence-corrected chi connectivity index (χ1v) is 6.25. The number of anilines is 2. The summed E-state index contributed by atoms with van der Waals surface area (Å²) in [5.41, 5.74) is 7.86. The topological polar surface area (TPSA) is 56.3 Å². The summed E-state index contributed by atoms with van der Waals surface area (Å²) in [5, 5.41) is 4.47. The SMILES string of the molecule is CCn1nc(C)c(N)c1N1CC(C)OCC1C. The molecular formula is C12H22N4O. The highest BCUT2D eigenvalue weighted by molar-refractivity contribution is 5.66. The number of ether oxygens (including phenoxy) is 1. The minimum absolute atomic E-state index is 0.242. The molecule has 1 fully saturated rings. The van der Waals surface area contributed by atoms with E-state index in [0.29, 0.717) is 6.04 Å². The van der Waals surface area contributed by atoms with Crippen molar-refractivity contribution in [1.82, 2.24) is 9.78 Å². The Kier molecular flexibility index (Phi) is 3.28. The molecule has 2 rings (SSSR count). The van der Waals surface area contributed by atoms with Crippen molar-refractivity contribution in [3.8, 4) is 0 Å². The van der Waals surface area contributed by atoms with Gasteiger partial charge >= 0.3 is 0 Å². The highest BCUT2D eigenvalue weighted by atomic mass is 16.5. The zero-order chi connectivity index (χ0) is 12.6. The van der Waals surface area contributed by atoms with E-state index in [0.717, 1.165) is 36.9 Å². The van der Waals surface area contributed by atoms with Gasteiger partial charge in [-0.05, 0) is 27.7 Å². The lowest BCUT2D eigenvalue weighted by molar-refractivity contribution is 0.0337. The maximum Gasteiger partial charge on any atom is 0.151 e. The standard InChI is InChI=1S/C12H22N4O/c1-5-16-12(11(13)10(4)14-16)15-6-9(3)17-7-8(15)2/h8-9H,5-7,13H2,1-4H3. The Labute approximate surface area is 103 Å². The van der Waals surface area contributed by atoms with Gasteiger partial charge in [0.05, 0.1) is 30.1 Å². The lowest BCUT2D eigenvalue weighted by Crippen LogP contribution is -2.48. The normalized spacial score (nSPS) is 25.3. The molecule has 2 N–H and O–H groups in total. The first-order valence-electron chi connectivity index (χ1n) is 6.25. The van der Waals surface area contributed by atoms with Gasteiger partial charge in [0.15, 0.2) is 5.82 Å². The molecule has 1 aliphatic heterocycles. The Morgan fingerprint density at radius 2 is 2.18 bits per heavy atom. The van der Waals surface area contributed by atoms with Gasteiger partial charge in [0, 0.05) is 13.1 Å². The first kappa shape index (κ1) is 12.2. The molecule has 17 heavy (non-hydrogen) atoms. The Balaban J connectivity index is 2.37. The molecule has 0 amide bonds. The zero-order valence-corrected chi connectivity index (χ0v) is 11.1. The predicted octanol–water partition coefficient (Wildman–Crippen LogP) is 1.41. The molecule has 0 aliphatic carbocycles. The number of nitrogens with two attached hydrogens (primary N) is 1. The van der Waals surface area contributed by atoms with Gasteiger partial charge in [-0.2, -0.15) is 5.10 Å². The molecule has 1 saturated heterocycles. The number of nitrogens with zero attached hydrogens (tertiary/aromatic N) is 3. The number of hydrogen-bond acceptors (Lipinski definition) is 4. The van der Waals surface area contributed by atoms with Crippen molar-refractivity contribution in [3.05, 3.63) is 5.69 Å². The second kappa shape index (κ2) is 4.56. The molecule has 1 aromatic rings. The molecule has 2 atom stereocenters. The van der Waals surface area contributed by atoms with Crippen LogP contribution in [0, 0.1) is 6.92 Å². The molecule has 1 aromatic heterocycles. The van der Waals surface area contributed by atoms with E-state index in [1.165, 1.54) is 0 Å². The largest absolute Gasteiger partial charge is 0.394 e. The van der Waals surface area contributed by atoms with Gasteiger partial charge in [0.25, 0.3) is 0 Å². The van der Waals surface area contributed by atoms with Crippen LogP contribution in [0.3, 0.4) is 0 Å². The number of nitrogen functional groups attached to an aromatic ring is 1. The molecule has 0 saturated carbocycles. The number of morpholine rings is 1. The van der Waals surface area contributed by atoms with Gasteiger partial charge in [-0.1, -0.05) is 0 Å². The Hall–Kier alpha value is -1.23.